The van der Waals surface area contributed by atoms with E-state index >= 15 is 0 Å². The van der Waals surface area contributed by atoms with Crippen LogP contribution in [0.15, 0.2) is 18.3 Å². The maximum Gasteiger partial charge on any atom is 0.225 e. The van der Waals surface area contributed by atoms with Gasteiger partial charge < -0.3 is 15.0 Å². The molecule has 1 atom stereocenters. The zero-order chi connectivity index (χ0) is 13.8. The van der Waals surface area contributed by atoms with Crippen LogP contribution in [-0.4, -0.2) is 42.4 Å². The second-order valence-corrected chi connectivity index (χ2v) is 4.56. The van der Waals surface area contributed by atoms with E-state index in [2.05, 4.69) is 10.3 Å². The highest BCUT2D eigenvalue weighted by Crippen LogP contribution is 2.17. The van der Waals surface area contributed by atoms with Crippen molar-refractivity contribution < 1.29 is 14.3 Å². The second-order valence-electron chi connectivity index (χ2n) is 4.56. The fourth-order valence-electron chi connectivity index (χ4n) is 2.11. The first-order valence-electron chi connectivity index (χ1n) is 6.11. The lowest BCUT2D eigenvalue weighted by Crippen LogP contribution is -2.31. The zero-order valence-corrected chi connectivity index (χ0v) is 11.0. The minimum atomic E-state index is -0.264. The van der Waals surface area contributed by atoms with Crippen LogP contribution >= 0.6 is 0 Å². The number of carbonyl (C=O) groups is 2. The van der Waals surface area contributed by atoms with Gasteiger partial charge in [0.05, 0.1) is 13.0 Å². The molecule has 2 amide bonds. The predicted molar refractivity (Wildman–Crippen MR) is 68.4 cm³/mol. The summed E-state index contributed by atoms with van der Waals surface area (Å²) in [6.07, 6.45) is 1.92. The number of carbonyl (C=O) groups excluding carboxylic acids is 2. The number of nitrogens with zero attached hydrogens (tertiary/aromatic N) is 2. The van der Waals surface area contributed by atoms with Crippen LogP contribution in [0.4, 0.5) is 0 Å². The Balaban J connectivity index is 1.92. The molecular weight excluding hydrogens is 246 g/mol. The normalized spacial score (nSPS) is 18.5. The highest BCUT2D eigenvalue weighted by atomic mass is 16.5. The lowest BCUT2D eigenvalue weighted by molar-refractivity contribution is -0.128. The topological polar surface area (TPSA) is 71.5 Å². The van der Waals surface area contributed by atoms with E-state index < -0.39 is 0 Å². The van der Waals surface area contributed by atoms with Crippen LogP contribution < -0.4 is 10.1 Å². The van der Waals surface area contributed by atoms with Gasteiger partial charge in [-0.3, -0.25) is 9.59 Å². The molecule has 0 radical (unpaired) electrons. The molecule has 1 fully saturated rings. The van der Waals surface area contributed by atoms with Gasteiger partial charge in [-0.05, 0) is 6.07 Å². The molecular formula is C13H17N3O3. The van der Waals surface area contributed by atoms with Crippen LogP contribution in [0, 0.1) is 5.92 Å². The summed E-state index contributed by atoms with van der Waals surface area (Å²) in [6.45, 7) is 0.832. The van der Waals surface area contributed by atoms with Gasteiger partial charge in [0, 0.05) is 38.3 Å². The molecule has 6 nitrogen and oxygen atoms in total. The Hall–Kier alpha value is -2.11. The Morgan fingerprint density at radius 1 is 1.63 bits per heavy atom. The van der Waals surface area contributed by atoms with E-state index in [0.29, 0.717) is 19.0 Å². The van der Waals surface area contributed by atoms with Crippen LogP contribution in [0.2, 0.25) is 0 Å². The fraction of sp³-hybridized carbons (Fsp3) is 0.462. The highest BCUT2D eigenvalue weighted by Gasteiger charge is 2.31. The Labute approximate surface area is 111 Å². The smallest absolute Gasteiger partial charge is 0.225 e. The van der Waals surface area contributed by atoms with Crippen LogP contribution in [-0.2, 0) is 16.1 Å². The van der Waals surface area contributed by atoms with Crippen LogP contribution in [0.25, 0.3) is 0 Å². The average molecular weight is 263 g/mol. The Morgan fingerprint density at radius 3 is 3.05 bits per heavy atom. The van der Waals surface area contributed by atoms with E-state index in [1.807, 2.05) is 6.07 Å². The maximum absolute atomic E-state index is 12.0. The van der Waals surface area contributed by atoms with E-state index in [9.17, 15) is 9.59 Å². The largest absolute Gasteiger partial charge is 0.481 e. The van der Waals surface area contributed by atoms with Crippen LogP contribution in [0.3, 0.4) is 0 Å². The van der Waals surface area contributed by atoms with Crippen molar-refractivity contribution in [2.24, 2.45) is 5.92 Å². The van der Waals surface area contributed by atoms with Gasteiger partial charge in [0.2, 0.25) is 17.7 Å². The van der Waals surface area contributed by atoms with Gasteiger partial charge in [-0.1, -0.05) is 6.07 Å². The van der Waals surface area contributed by atoms with Gasteiger partial charge in [-0.15, -0.1) is 0 Å². The number of likely N-dealkylation sites (tertiary alicyclic amines) is 1. The summed E-state index contributed by atoms with van der Waals surface area (Å²) in [5.74, 6) is 0.144. The predicted octanol–water partition coefficient (Wildman–Crippen LogP) is 0.185. The molecule has 1 aliphatic heterocycles. The van der Waals surface area contributed by atoms with Crippen molar-refractivity contribution in [3.05, 3.63) is 23.9 Å². The number of aromatic nitrogens is 1. The van der Waals surface area contributed by atoms with Crippen molar-refractivity contribution in [3.63, 3.8) is 0 Å². The zero-order valence-electron chi connectivity index (χ0n) is 11.0. The van der Waals surface area contributed by atoms with Gasteiger partial charge >= 0.3 is 0 Å². The lowest BCUT2D eigenvalue weighted by Gasteiger charge is -2.12. The SMILES string of the molecule is COc1ncccc1CNC(=O)[C@H]1CC(=O)N(C)C1. The third kappa shape index (κ3) is 3.01. The molecule has 102 valence electrons. The molecule has 0 saturated carbocycles. The first-order valence-corrected chi connectivity index (χ1v) is 6.11. The van der Waals surface area contributed by atoms with Gasteiger partial charge in [0.15, 0.2) is 0 Å². The Morgan fingerprint density at radius 2 is 2.42 bits per heavy atom. The van der Waals surface area contributed by atoms with E-state index in [1.54, 1.807) is 24.2 Å². The number of methoxy groups -OCH3 is 1. The standard InChI is InChI=1S/C13H17N3O3/c1-16-8-10(6-11(16)17)12(18)15-7-9-4-3-5-14-13(9)19-2/h3-5,10H,6-8H2,1-2H3,(H,15,18)/t10-/m0/s1. The third-order valence-corrected chi connectivity index (χ3v) is 3.21. The van der Waals surface area contributed by atoms with Gasteiger partial charge in [0.25, 0.3) is 0 Å². The molecule has 1 aromatic rings. The molecule has 1 N–H and O–H groups in total. The molecule has 6 heteroatoms. The van der Waals surface area contributed by atoms with Crippen molar-refractivity contribution in [1.29, 1.82) is 0 Å². The first kappa shape index (κ1) is 13.3. The number of pyridine rings is 1. The monoisotopic (exact) mass is 263 g/mol. The van der Waals surface area contributed by atoms with E-state index in [-0.39, 0.29) is 24.2 Å². The summed E-state index contributed by atoms with van der Waals surface area (Å²) in [4.78, 5) is 29.0. The molecule has 1 aromatic heterocycles. The van der Waals surface area contributed by atoms with Crippen LogP contribution in [0.1, 0.15) is 12.0 Å². The minimum absolute atomic E-state index is 0.0131. The molecule has 0 aliphatic carbocycles. The molecule has 0 bridgehead atoms. The molecule has 0 spiro atoms. The summed E-state index contributed by atoms with van der Waals surface area (Å²) in [6, 6.07) is 3.63. The van der Waals surface area contributed by atoms with Crippen molar-refractivity contribution in [3.8, 4) is 5.88 Å². The number of amides is 2. The molecule has 2 rings (SSSR count). The number of hydrogen-bond donors (Lipinski definition) is 1. The summed E-state index contributed by atoms with van der Waals surface area (Å²) in [5, 5.41) is 2.82. The van der Waals surface area contributed by atoms with E-state index in [0.717, 1.165) is 5.56 Å². The Bertz CT molecular complexity index is 490. The quantitative estimate of drug-likeness (QED) is 0.841. The molecule has 2 heterocycles. The maximum atomic E-state index is 12.0. The van der Waals surface area contributed by atoms with Crippen molar-refractivity contribution >= 4 is 11.8 Å². The fourth-order valence-corrected chi connectivity index (χ4v) is 2.11. The summed E-state index contributed by atoms with van der Waals surface area (Å²) < 4.78 is 5.11. The van der Waals surface area contributed by atoms with E-state index in [1.165, 1.54) is 7.11 Å². The number of nitrogens with one attached hydrogen (secondary N) is 1. The molecule has 1 aliphatic rings. The first-order chi connectivity index (χ1) is 9.11. The van der Waals surface area contributed by atoms with Crippen LogP contribution in [0.5, 0.6) is 5.88 Å². The van der Waals surface area contributed by atoms with Crippen molar-refractivity contribution in [2.75, 3.05) is 20.7 Å². The van der Waals surface area contributed by atoms with Gasteiger partial charge in [-0.25, -0.2) is 4.98 Å². The van der Waals surface area contributed by atoms with E-state index in [4.69, 9.17) is 4.74 Å². The molecule has 19 heavy (non-hydrogen) atoms. The third-order valence-electron chi connectivity index (χ3n) is 3.21. The summed E-state index contributed by atoms with van der Waals surface area (Å²) in [5.41, 5.74) is 0.816. The Kier molecular flexibility index (Phi) is 3.99. The molecule has 1 saturated heterocycles. The number of rotatable bonds is 4. The summed E-state index contributed by atoms with van der Waals surface area (Å²) >= 11 is 0. The number of ether oxygens (including phenoxy) is 1. The van der Waals surface area contributed by atoms with Crippen molar-refractivity contribution in [2.45, 2.75) is 13.0 Å². The molecule has 0 aromatic carbocycles. The summed E-state index contributed by atoms with van der Waals surface area (Å²) in [7, 11) is 3.25. The van der Waals surface area contributed by atoms with Gasteiger partial charge in [0.1, 0.15) is 0 Å². The van der Waals surface area contributed by atoms with Gasteiger partial charge in [-0.2, -0.15) is 0 Å². The second kappa shape index (κ2) is 5.69. The highest BCUT2D eigenvalue weighted by molar-refractivity contribution is 5.89. The molecule has 0 unspecified atom stereocenters. The lowest BCUT2D eigenvalue weighted by atomic mass is 10.1. The number of hydrogen-bond acceptors (Lipinski definition) is 4. The van der Waals surface area contributed by atoms with Crippen molar-refractivity contribution in [1.82, 2.24) is 15.2 Å². The minimum Gasteiger partial charge on any atom is -0.481 e. The average Bonchev–Trinajstić information content (AvgIpc) is 2.76.